The maximum absolute atomic E-state index is 13.0. The summed E-state index contributed by atoms with van der Waals surface area (Å²) in [5, 5.41) is 0. The molecule has 4 heteroatoms. The van der Waals surface area contributed by atoms with E-state index < -0.39 is 0 Å². The van der Waals surface area contributed by atoms with Crippen LogP contribution in [-0.4, -0.2) is 47.9 Å². The molecule has 22 heavy (non-hydrogen) atoms. The quantitative estimate of drug-likeness (QED) is 0.838. The van der Waals surface area contributed by atoms with Crippen LogP contribution in [0.3, 0.4) is 0 Å². The van der Waals surface area contributed by atoms with Gasteiger partial charge in [0.15, 0.2) is 0 Å². The van der Waals surface area contributed by atoms with Gasteiger partial charge in [0.25, 0.3) is 5.91 Å². The van der Waals surface area contributed by atoms with Crippen LogP contribution in [0, 0.1) is 11.7 Å². The van der Waals surface area contributed by atoms with Crippen molar-refractivity contribution in [1.82, 2.24) is 9.80 Å². The molecule has 120 valence electrons. The summed E-state index contributed by atoms with van der Waals surface area (Å²) >= 11 is 0. The fourth-order valence-electron chi connectivity index (χ4n) is 3.61. The Morgan fingerprint density at radius 1 is 1.09 bits per heavy atom. The summed E-state index contributed by atoms with van der Waals surface area (Å²) in [5.74, 6) is 0.572. The van der Waals surface area contributed by atoms with Crippen LogP contribution in [0.2, 0.25) is 0 Å². The average molecular weight is 304 g/mol. The second-order valence-corrected chi connectivity index (χ2v) is 6.77. The summed E-state index contributed by atoms with van der Waals surface area (Å²) in [7, 11) is 0. The zero-order chi connectivity index (χ0) is 15.5. The Bertz CT molecular complexity index is 508. The van der Waals surface area contributed by atoms with Crippen molar-refractivity contribution in [2.45, 2.75) is 38.6 Å². The molecule has 2 fully saturated rings. The largest absolute Gasteiger partial charge is 0.337 e. The van der Waals surface area contributed by atoms with Crippen LogP contribution in [0.15, 0.2) is 24.3 Å². The van der Waals surface area contributed by atoms with E-state index in [9.17, 15) is 9.18 Å². The number of benzene rings is 1. The number of hydrogen-bond acceptors (Lipinski definition) is 2. The van der Waals surface area contributed by atoms with E-state index in [1.54, 1.807) is 12.1 Å². The van der Waals surface area contributed by atoms with E-state index in [2.05, 4.69) is 11.8 Å². The van der Waals surface area contributed by atoms with Crippen molar-refractivity contribution in [1.29, 1.82) is 0 Å². The molecule has 0 saturated carbocycles. The maximum Gasteiger partial charge on any atom is 0.253 e. The zero-order valence-electron chi connectivity index (χ0n) is 13.3. The van der Waals surface area contributed by atoms with Gasteiger partial charge in [-0.2, -0.15) is 0 Å². The zero-order valence-corrected chi connectivity index (χ0v) is 13.3. The molecule has 1 amide bonds. The van der Waals surface area contributed by atoms with Gasteiger partial charge < -0.3 is 4.90 Å². The van der Waals surface area contributed by atoms with Gasteiger partial charge in [0.2, 0.25) is 0 Å². The van der Waals surface area contributed by atoms with Crippen LogP contribution in [0.5, 0.6) is 0 Å². The molecule has 0 bridgehead atoms. The van der Waals surface area contributed by atoms with Crippen LogP contribution in [-0.2, 0) is 0 Å². The Labute approximate surface area is 132 Å². The summed E-state index contributed by atoms with van der Waals surface area (Å²) in [5.41, 5.74) is 0.592. The first-order valence-electron chi connectivity index (χ1n) is 8.42. The van der Waals surface area contributed by atoms with Gasteiger partial charge in [-0.05, 0) is 69.0 Å². The Hall–Kier alpha value is -1.42. The second-order valence-electron chi connectivity index (χ2n) is 6.77. The first-order chi connectivity index (χ1) is 10.6. The SMILES string of the molecule is CC1CCN(C2CCCN(C(=O)c3ccc(F)cc3)C2)CC1. The standard InChI is InChI=1S/C18H25FN2O/c1-14-8-11-20(12-9-14)17-3-2-10-21(13-17)18(22)15-4-6-16(19)7-5-15/h4-7,14,17H,2-3,8-13H2,1H3. The smallest absolute Gasteiger partial charge is 0.253 e. The average Bonchev–Trinajstić information content (AvgIpc) is 2.56. The summed E-state index contributed by atoms with van der Waals surface area (Å²) in [6.07, 6.45) is 4.77. The molecule has 2 aliphatic rings. The van der Waals surface area contributed by atoms with E-state index in [0.29, 0.717) is 11.6 Å². The summed E-state index contributed by atoms with van der Waals surface area (Å²) in [6, 6.07) is 6.39. The highest BCUT2D eigenvalue weighted by Crippen LogP contribution is 2.23. The predicted molar refractivity (Wildman–Crippen MR) is 85.3 cm³/mol. The summed E-state index contributed by atoms with van der Waals surface area (Å²) in [6.45, 7) is 6.26. The van der Waals surface area contributed by atoms with Crippen LogP contribution < -0.4 is 0 Å². The molecule has 1 unspecified atom stereocenters. The summed E-state index contributed by atoms with van der Waals surface area (Å²) < 4.78 is 13.0. The van der Waals surface area contributed by atoms with Gasteiger partial charge in [0, 0.05) is 24.7 Å². The molecule has 0 N–H and O–H groups in total. The van der Waals surface area contributed by atoms with E-state index in [0.717, 1.165) is 38.5 Å². The van der Waals surface area contributed by atoms with Gasteiger partial charge in [-0.25, -0.2) is 4.39 Å². The highest BCUT2D eigenvalue weighted by atomic mass is 19.1. The normalized spacial score (nSPS) is 24.5. The molecule has 2 heterocycles. The molecule has 3 rings (SSSR count). The van der Waals surface area contributed by atoms with Crippen molar-refractivity contribution in [2.24, 2.45) is 5.92 Å². The van der Waals surface area contributed by atoms with E-state index in [1.807, 2.05) is 4.90 Å². The third-order valence-electron chi connectivity index (χ3n) is 5.11. The lowest BCUT2D eigenvalue weighted by Crippen LogP contribution is -2.51. The van der Waals surface area contributed by atoms with E-state index >= 15 is 0 Å². The molecule has 2 saturated heterocycles. The van der Waals surface area contributed by atoms with Gasteiger partial charge in [-0.15, -0.1) is 0 Å². The van der Waals surface area contributed by atoms with Crippen LogP contribution in [0.4, 0.5) is 4.39 Å². The van der Waals surface area contributed by atoms with E-state index in [4.69, 9.17) is 0 Å². The minimum absolute atomic E-state index is 0.0371. The molecule has 0 radical (unpaired) electrons. The number of carbonyl (C=O) groups excluding carboxylic acids is 1. The van der Waals surface area contributed by atoms with Gasteiger partial charge in [-0.1, -0.05) is 6.92 Å². The van der Waals surface area contributed by atoms with Crippen LogP contribution in [0.25, 0.3) is 0 Å². The summed E-state index contributed by atoms with van der Waals surface area (Å²) in [4.78, 5) is 17.1. The highest BCUT2D eigenvalue weighted by Gasteiger charge is 2.30. The molecule has 0 spiro atoms. The first kappa shape index (κ1) is 15.5. The van der Waals surface area contributed by atoms with Crippen molar-refractivity contribution >= 4 is 5.91 Å². The molecule has 1 aromatic carbocycles. The molecule has 3 nitrogen and oxygen atoms in total. The number of likely N-dealkylation sites (tertiary alicyclic amines) is 2. The maximum atomic E-state index is 13.0. The van der Waals surface area contributed by atoms with Crippen LogP contribution in [0.1, 0.15) is 43.0 Å². The Morgan fingerprint density at radius 3 is 2.45 bits per heavy atom. The predicted octanol–water partition coefficient (Wildman–Crippen LogP) is 3.16. The fourth-order valence-corrected chi connectivity index (χ4v) is 3.61. The van der Waals surface area contributed by atoms with Gasteiger partial charge in [-0.3, -0.25) is 9.69 Å². The van der Waals surface area contributed by atoms with Gasteiger partial charge in [0.1, 0.15) is 5.82 Å². The minimum Gasteiger partial charge on any atom is -0.337 e. The molecule has 1 atom stereocenters. The van der Waals surface area contributed by atoms with Crippen molar-refractivity contribution in [3.8, 4) is 0 Å². The van der Waals surface area contributed by atoms with Crippen molar-refractivity contribution in [3.63, 3.8) is 0 Å². The van der Waals surface area contributed by atoms with E-state index in [-0.39, 0.29) is 11.7 Å². The monoisotopic (exact) mass is 304 g/mol. The Morgan fingerprint density at radius 2 is 1.77 bits per heavy atom. The number of hydrogen-bond donors (Lipinski definition) is 0. The Balaban J connectivity index is 1.62. The van der Waals surface area contributed by atoms with Crippen molar-refractivity contribution < 1.29 is 9.18 Å². The topological polar surface area (TPSA) is 23.6 Å². The Kier molecular flexibility index (Phi) is 4.77. The van der Waals surface area contributed by atoms with Crippen molar-refractivity contribution in [2.75, 3.05) is 26.2 Å². The number of amides is 1. The van der Waals surface area contributed by atoms with E-state index in [1.165, 1.54) is 31.4 Å². The number of halogens is 1. The minimum atomic E-state index is -0.296. The van der Waals surface area contributed by atoms with Gasteiger partial charge >= 0.3 is 0 Å². The van der Waals surface area contributed by atoms with Crippen LogP contribution >= 0.6 is 0 Å². The third kappa shape index (κ3) is 3.49. The highest BCUT2D eigenvalue weighted by molar-refractivity contribution is 5.94. The number of rotatable bonds is 2. The molecule has 2 aliphatic heterocycles. The number of carbonyl (C=O) groups is 1. The molecule has 0 aromatic heterocycles. The molecular weight excluding hydrogens is 279 g/mol. The molecule has 1 aromatic rings. The lowest BCUT2D eigenvalue weighted by atomic mass is 9.95. The van der Waals surface area contributed by atoms with Crippen molar-refractivity contribution in [3.05, 3.63) is 35.6 Å². The fraction of sp³-hybridized carbons (Fsp3) is 0.611. The number of piperidine rings is 2. The molecular formula is C18H25FN2O. The first-order valence-corrected chi connectivity index (χ1v) is 8.42. The number of nitrogens with zero attached hydrogens (tertiary/aromatic N) is 2. The lowest BCUT2D eigenvalue weighted by Gasteiger charge is -2.42. The lowest BCUT2D eigenvalue weighted by molar-refractivity contribution is 0.0501. The molecule has 0 aliphatic carbocycles. The third-order valence-corrected chi connectivity index (χ3v) is 5.11. The van der Waals surface area contributed by atoms with Gasteiger partial charge in [0.05, 0.1) is 0 Å². The second kappa shape index (κ2) is 6.78.